The second kappa shape index (κ2) is 6.44. The van der Waals surface area contributed by atoms with Gasteiger partial charge >= 0.3 is 0 Å². The fraction of sp³-hybridized carbons (Fsp3) is 0.583. The van der Waals surface area contributed by atoms with E-state index in [1.807, 2.05) is 0 Å². The van der Waals surface area contributed by atoms with Crippen LogP contribution in [0.1, 0.15) is 16.2 Å². The highest BCUT2D eigenvalue weighted by atomic mass is 16.7. The van der Waals surface area contributed by atoms with Gasteiger partial charge in [-0.3, -0.25) is 4.79 Å². The summed E-state index contributed by atoms with van der Waals surface area (Å²) in [4.78, 5) is 13.3. The zero-order chi connectivity index (χ0) is 14.7. The van der Waals surface area contributed by atoms with Crippen molar-refractivity contribution in [3.63, 3.8) is 0 Å². The van der Waals surface area contributed by atoms with Crippen LogP contribution < -0.4 is 0 Å². The van der Waals surface area contributed by atoms with E-state index < -0.39 is 37.3 Å². The maximum atomic E-state index is 10.5. The van der Waals surface area contributed by atoms with Gasteiger partial charge in [0.2, 0.25) is 0 Å². The molecule has 5 atom stereocenters. The first-order valence-electron chi connectivity index (χ1n) is 6.12. The molecule has 2 heterocycles. The molecule has 1 saturated heterocycles. The highest BCUT2D eigenvalue weighted by Crippen LogP contribution is 2.22. The van der Waals surface area contributed by atoms with E-state index >= 15 is 0 Å². The molecule has 8 nitrogen and oxygen atoms in total. The van der Waals surface area contributed by atoms with Gasteiger partial charge < -0.3 is 34.9 Å². The summed E-state index contributed by atoms with van der Waals surface area (Å²) in [5, 5.41) is 38.0. The van der Waals surface area contributed by atoms with Crippen LogP contribution in [0, 0.1) is 0 Å². The van der Waals surface area contributed by atoms with Gasteiger partial charge in [-0.1, -0.05) is 0 Å². The van der Waals surface area contributed by atoms with Crippen LogP contribution in [0.25, 0.3) is 0 Å². The van der Waals surface area contributed by atoms with Gasteiger partial charge in [-0.2, -0.15) is 0 Å². The Morgan fingerprint density at radius 2 is 2.00 bits per heavy atom. The monoisotopic (exact) mass is 287 g/mol. The predicted octanol–water partition coefficient (Wildman–Crippen LogP) is -1.86. The van der Waals surface area contributed by atoms with Crippen molar-refractivity contribution in [2.75, 3.05) is 6.61 Å². The molecule has 1 aliphatic rings. The van der Waals surface area contributed by atoms with E-state index in [0.29, 0.717) is 17.7 Å². The summed E-state index contributed by atoms with van der Waals surface area (Å²) >= 11 is 0. The normalized spacial score (nSPS) is 34.1. The third-order valence-corrected chi connectivity index (χ3v) is 3.15. The van der Waals surface area contributed by atoms with Crippen LogP contribution in [0.15, 0.2) is 12.1 Å². The van der Waals surface area contributed by atoms with Gasteiger partial charge in [0.25, 0.3) is 0 Å². The van der Waals surface area contributed by atoms with Gasteiger partial charge in [-0.05, 0) is 12.1 Å². The number of rotatable bonds is 5. The lowest BCUT2D eigenvalue weighted by Gasteiger charge is -2.39. The molecule has 1 fully saturated rings. The van der Waals surface area contributed by atoms with Gasteiger partial charge in [0.1, 0.15) is 24.4 Å². The summed E-state index contributed by atoms with van der Waals surface area (Å²) in [7, 11) is 0. The minimum Gasteiger partial charge on any atom is -0.394 e. The van der Waals surface area contributed by atoms with Crippen molar-refractivity contribution >= 4 is 6.29 Å². The van der Waals surface area contributed by atoms with E-state index in [2.05, 4.69) is 4.98 Å². The third kappa shape index (κ3) is 3.06. The number of carbonyl (C=O) groups is 1. The molecule has 0 spiro atoms. The predicted molar refractivity (Wildman–Crippen MR) is 64.7 cm³/mol. The van der Waals surface area contributed by atoms with E-state index in [1.54, 1.807) is 12.1 Å². The van der Waals surface area contributed by atoms with Crippen molar-refractivity contribution in [1.29, 1.82) is 0 Å². The fourth-order valence-corrected chi connectivity index (χ4v) is 1.99. The lowest BCUT2D eigenvalue weighted by Crippen LogP contribution is -2.59. The average Bonchev–Trinajstić information content (AvgIpc) is 2.92. The molecule has 0 aromatic carbocycles. The second-order valence-corrected chi connectivity index (χ2v) is 4.57. The highest BCUT2D eigenvalue weighted by Gasteiger charge is 2.43. The largest absolute Gasteiger partial charge is 0.394 e. The minimum atomic E-state index is -1.47. The summed E-state index contributed by atoms with van der Waals surface area (Å²) in [6.45, 7) is -0.501. The topological polar surface area (TPSA) is 132 Å². The van der Waals surface area contributed by atoms with Gasteiger partial charge in [0, 0.05) is 5.69 Å². The Hall–Kier alpha value is -1.29. The first-order valence-corrected chi connectivity index (χ1v) is 6.12. The molecule has 0 saturated carbocycles. The maximum absolute atomic E-state index is 10.5. The Morgan fingerprint density at radius 3 is 2.60 bits per heavy atom. The number of aliphatic hydroxyl groups excluding tert-OH is 4. The third-order valence-electron chi connectivity index (χ3n) is 3.15. The first kappa shape index (κ1) is 15.1. The van der Waals surface area contributed by atoms with Crippen LogP contribution >= 0.6 is 0 Å². The first-order chi connectivity index (χ1) is 9.56. The number of carbonyl (C=O) groups excluding carboxylic acids is 1. The van der Waals surface area contributed by atoms with Crippen molar-refractivity contribution in [3.8, 4) is 0 Å². The molecule has 0 radical (unpaired) electrons. The molecule has 20 heavy (non-hydrogen) atoms. The Kier molecular flexibility index (Phi) is 4.86. The molecule has 0 bridgehead atoms. The fourth-order valence-electron chi connectivity index (χ4n) is 1.99. The van der Waals surface area contributed by atoms with Gasteiger partial charge in [-0.15, -0.1) is 0 Å². The van der Waals surface area contributed by atoms with Crippen LogP contribution in [0.4, 0.5) is 0 Å². The van der Waals surface area contributed by atoms with E-state index in [4.69, 9.17) is 14.6 Å². The number of hydrogen-bond donors (Lipinski definition) is 5. The SMILES string of the molecule is O=Cc1ccc(CO[C@H]2O[C@H](CO)[C@H](O)[C@H](O)[C@H]2O)[nH]1. The van der Waals surface area contributed by atoms with Crippen molar-refractivity contribution < 1.29 is 34.7 Å². The molecule has 1 aliphatic heterocycles. The highest BCUT2D eigenvalue weighted by molar-refractivity contribution is 5.71. The lowest BCUT2D eigenvalue weighted by molar-refractivity contribution is -0.304. The van der Waals surface area contributed by atoms with Crippen molar-refractivity contribution in [2.24, 2.45) is 0 Å². The standard InChI is InChI=1S/C12H17NO7/c14-3-6-1-2-7(13-6)5-19-12-11(18)10(17)9(16)8(4-15)20-12/h1-3,8-13,15-18H,4-5H2/t8-,9+,10+,11-,12+/m1/s1. The summed E-state index contributed by atoms with van der Waals surface area (Å²) in [6, 6.07) is 3.20. The molecule has 5 N–H and O–H groups in total. The Labute approximate surface area is 114 Å². The Balaban J connectivity index is 1.95. The van der Waals surface area contributed by atoms with Crippen LogP contribution in [0.2, 0.25) is 0 Å². The number of aromatic nitrogens is 1. The smallest absolute Gasteiger partial charge is 0.187 e. The zero-order valence-electron chi connectivity index (χ0n) is 10.5. The van der Waals surface area contributed by atoms with Crippen LogP contribution in [0.5, 0.6) is 0 Å². The number of H-pyrrole nitrogens is 1. The quantitative estimate of drug-likeness (QED) is 0.401. The summed E-state index contributed by atoms with van der Waals surface area (Å²) in [5.41, 5.74) is 0.974. The zero-order valence-corrected chi connectivity index (χ0v) is 10.5. The molecule has 8 heteroatoms. The molecular formula is C12H17NO7. The maximum Gasteiger partial charge on any atom is 0.187 e. The number of nitrogens with one attached hydrogen (secondary N) is 1. The van der Waals surface area contributed by atoms with Gasteiger partial charge in [0.05, 0.1) is 18.9 Å². The van der Waals surface area contributed by atoms with Crippen molar-refractivity contribution in [1.82, 2.24) is 4.98 Å². The number of ether oxygens (including phenoxy) is 2. The molecule has 0 aliphatic carbocycles. The Bertz CT molecular complexity index is 447. The number of aliphatic hydroxyl groups is 4. The Morgan fingerprint density at radius 1 is 1.25 bits per heavy atom. The molecule has 0 amide bonds. The van der Waals surface area contributed by atoms with Gasteiger partial charge in [0.15, 0.2) is 12.6 Å². The average molecular weight is 287 g/mol. The summed E-state index contributed by atoms with van der Waals surface area (Å²) in [6.07, 6.45) is -5.87. The molecule has 1 aromatic heterocycles. The van der Waals surface area contributed by atoms with Crippen molar-refractivity contribution in [2.45, 2.75) is 37.3 Å². The lowest BCUT2D eigenvalue weighted by atomic mass is 9.99. The second-order valence-electron chi connectivity index (χ2n) is 4.57. The van der Waals surface area contributed by atoms with Gasteiger partial charge in [-0.25, -0.2) is 0 Å². The van der Waals surface area contributed by atoms with Crippen LogP contribution in [0.3, 0.4) is 0 Å². The molecule has 0 unspecified atom stereocenters. The molecule has 2 rings (SSSR count). The molecule has 1 aromatic rings. The minimum absolute atomic E-state index is 0.0104. The van der Waals surface area contributed by atoms with E-state index in [-0.39, 0.29) is 6.61 Å². The number of aromatic amines is 1. The van der Waals surface area contributed by atoms with Crippen molar-refractivity contribution in [3.05, 3.63) is 23.5 Å². The summed E-state index contributed by atoms with van der Waals surface area (Å²) in [5.74, 6) is 0. The molecule has 112 valence electrons. The van der Waals surface area contributed by atoms with Crippen LogP contribution in [-0.2, 0) is 16.1 Å². The van der Waals surface area contributed by atoms with E-state index in [0.717, 1.165) is 0 Å². The number of hydrogen-bond acceptors (Lipinski definition) is 7. The van der Waals surface area contributed by atoms with E-state index in [9.17, 15) is 20.1 Å². The summed E-state index contributed by atoms with van der Waals surface area (Å²) < 4.78 is 10.5. The van der Waals surface area contributed by atoms with E-state index in [1.165, 1.54) is 0 Å². The molecular weight excluding hydrogens is 270 g/mol. The van der Waals surface area contributed by atoms with Crippen LogP contribution in [-0.4, -0.2) is 69.0 Å². The number of aldehydes is 1.